The Bertz CT molecular complexity index is 811. The summed E-state index contributed by atoms with van der Waals surface area (Å²) in [6.07, 6.45) is 0. The van der Waals surface area contributed by atoms with Crippen LogP contribution in [0.5, 0.6) is 11.5 Å². The second-order valence-corrected chi connectivity index (χ2v) is 4.45. The Hall–Kier alpha value is -2.39. The molecule has 0 N–H and O–H groups in total. The zero-order valence-corrected chi connectivity index (χ0v) is 12.1. The summed E-state index contributed by atoms with van der Waals surface area (Å²) >= 11 is 0. The van der Waals surface area contributed by atoms with Crippen molar-refractivity contribution >= 4 is 18.2 Å². The molecule has 0 heterocycles. The van der Waals surface area contributed by atoms with Gasteiger partial charge >= 0.3 is 0 Å². The van der Waals surface area contributed by atoms with Gasteiger partial charge in [0.25, 0.3) is 0 Å². The van der Waals surface area contributed by atoms with Crippen molar-refractivity contribution in [2.75, 3.05) is 14.2 Å². The van der Waals surface area contributed by atoms with Crippen molar-refractivity contribution in [2.24, 2.45) is 0 Å². The van der Waals surface area contributed by atoms with Gasteiger partial charge in [-0.3, -0.25) is 0 Å². The number of rotatable bonds is 4. The fraction of sp³-hybridized carbons (Fsp3) is 0.143. The minimum atomic E-state index is -2.10. The summed E-state index contributed by atoms with van der Waals surface area (Å²) in [7, 11) is 1.87. The van der Waals surface area contributed by atoms with Crippen LogP contribution in [0, 0.1) is 40.7 Å². The van der Waals surface area contributed by atoms with Crippen LogP contribution >= 0.6 is 0 Å². The monoisotopic (exact) mass is 351 g/mol. The van der Waals surface area contributed by atoms with Crippen LogP contribution in [0.25, 0.3) is 0 Å². The van der Waals surface area contributed by atoms with Gasteiger partial charge in [0.2, 0.25) is 13.1 Å². The molecule has 0 atom stereocenters. The van der Waals surface area contributed by atoms with Crippen LogP contribution in [-0.4, -0.2) is 21.5 Å². The Morgan fingerprint density at radius 1 is 0.625 bits per heavy atom. The highest BCUT2D eigenvalue weighted by molar-refractivity contribution is 6.67. The molecule has 0 unspecified atom stereocenters. The fourth-order valence-electron chi connectivity index (χ4n) is 1.99. The van der Waals surface area contributed by atoms with E-state index in [9.17, 15) is 30.7 Å². The number of benzene rings is 2. The lowest BCUT2D eigenvalue weighted by Crippen LogP contribution is -2.38. The summed E-state index contributed by atoms with van der Waals surface area (Å²) in [6, 6.07) is 0.209. The lowest BCUT2D eigenvalue weighted by Gasteiger charge is -2.13. The summed E-state index contributed by atoms with van der Waals surface area (Å²) in [5, 5.41) is 0. The molecule has 2 aromatic carbocycles. The van der Waals surface area contributed by atoms with Crippen LogP contribution < -0.4 is 20.4 Å². The Morgan fingerprint density at radius 2 is 1.17 bits per heavy atom. The summed E-state index contributed by atoms with van der Waals surface area (Å²) in [5.74, 6) is -14.6. The first-order chi connectivity index (χ1) is 11.2. The molecule has 127 valence electrons. The van der Waals surface area contributed by atoms with E-state index >= 15 is 0 Å². The van der Waals surface area contributed by atoms with Crippen molar-refractivity contribution in [1.82, 2.24) is 0 Å². The Kier molecular flexibility index (Phi) is 4.95. The molecule has 0 fully saturated rings. The molecule has 0 aliphatic rings. The van der Waals surface area contributed by atoms with Crippen molar-refractivity contribution in [2.45, 2.75) is 0 Å². The van der Waals surface area contributed by atoms with Crippen LogP contribution in [0.15, 0.2) is 6.07 Å². The molecule has 10 heteroatoms. The number of methoxy groups -OCH3 is 2. The highest BCUT2D eigenvalue weighted by atomic mass is 19.2. The molecule has 0 aliphatic carbocycles. The van der Waals surface area contributed by atoms with E-state index in [1.54, 1.807) is 0 Å². The number of ether oxygens (including phenoxy) is 2. The highest BCUT2D eigenvalue weighted by Gasteiger charge is 2.29. The van der Waals surface area contributed by atoms with Crippen LogP contribution in [0.1, 0.15) is 0 Å². The smallest absolute Gasteiger partial charge is 0.207 e. The molecular formula is C14H7BF7O2. The van der Waals surface area contributed by atoms with Gasteiger partial charge in [0.15, 0.2) is 40.6 Å². The standard InChI is InChI=1S/C14H7BF7O2/c1-23-13-5(17)3-4(16)6(9(13)19)15-7-8(18)11(21)12(22)14(24-2)10(7)20/h3H,1-2H3. The van der Waals surface area contributed by atoms with Gasteiger partial charge in [-0.1, -0.05) is 0 Å². The normalized spacial score (nSPS) is 10.7. The quantitative estimate of drug-likeness (QED) is 0.364. The lowest BCUT2D eigenvalue weighted by atomic mass is 9.62. The second-order valence-electron chi connectivity index (χ2n) is 4.45. The summed E-state index contributed by atoms with van der Waals surface area (Å²) < 4.78 is 104. The molecule has 1 radical (unpaired) electrons. The predicted octanol–water partition coefficient (Wildman–Crippen LogP) is 2.33. The fourth-order valence-corrected chi connectivity index (χ4v) is 1.99. The zero-order chi connectivity index (χ0) is 18.2. The molecule has 0 saturated carbocycles. The van der Waals surface area contributed by atoms with Crippen LogP contribution in [-0.2, 0) is 0 Å². The van der Waals surface area contributed by atoms with Crippen molar-refractivity contribution in [3.8, 4) is 11.5 Å². The lowest BCUT2D eigenvalue weighted by molar-refractivity contribution is 0.338. The van der Waals surface area contributed by atoms with Gasteiger partial charge in [-0.25, -0.2) is 26.3 Å². The third-order valence-corrected chi connectivity index (χ3v) is 3.12. The Balaban J connectivity index is 2.68. The van der Waals surface area contributed by atoms with Crippen molar-refractivity contribution in [1.29, 1.82) is 0 Å². The largest absolute Gasteiger partial charge is 0.491 e. The first kappa shape index (κ1) is 18.0. The molecule has 0 saturated heterocycles. The maximum absolute atomic E-state index is 14.0. The predicted molar refractivity (Wildman–Crippen MR) is 70.7 cm³/mol. The van der Waals surface area contributed by atoms with E-state index in [0.717, 1.165) is 14.2 Å². The number of hydrogen-bond donors (Lipinski definition) is 0. The first-order valence-electron chi connectivity index (χ1n) is 6.20. The van der Waals surface area contributed by atoms with Gasteiger partial charge in [0, 0.05) is 6.07 Å². The van der Waals surface area contributed by atoms with Crippen molar-refractivity contribution in [3.05, 3.63) is 46.8 Å². The molecule has 2 nitrogen and oxygen atoms in total. The third-order valence-electron chi connectivity index (χ3n) is 3.12. The molecule has 0 bridgehead atoms. The average Bonchev–Trinajstić information content (AvgIpc) is 2.53. The van der Waals surface area contributed by atoms with E-state index in [1.807, 2.05) is 0 Å². The van der Waals surface area contributed by atoms with E-state index in [0.29, 0.717) is 0 Å². The topological polar surface area (TPSA) is 18.5 Å². The van der Waals surface area contributed by atoms with E-state index in [2.05, 4.69) is 9.47 Å². The van der Waals surface area contributed by atoms with Gasteiger partial charge in [-0.05, 0) is 10.9 Å². The molecular weight excluding hydrogens is 344 g/mol. The van der Waals surface area contributed by atoms with Crippen molar-refractivity contribution in [3.63, 3.8) is 0 Å². The third kappa shape index (κ3) is 2.76. The molecule has 0 amide bonds. The summed E-state index contributed by atoms with van der Waals surface area (Å²) in [5.41, 5.74) is -2.42. The highest BCUT2D eigenvalue weighted by Crippen LogP contribution is 2.25. The first-order valence-corrected chi connectivity index (χ1v) is 6.20. The van der Waals surface area contributed by atoms with Crippen LogP contribution in [0.2, 0.25) is 0 Å². The van der Waals surface area contributed by atoms with E-state index in [-0.39, 0.29) is 13.3 Å². The Labute approximate surface area is 132 Å². The van der Waals surface area contributed by atoms with Gasteiger partial charge in [-0.2, -0.15) is 4.39 Å². The number of halogens is 7. The Morgan fingerprint density at radius 3 is 1.71 bits per heavy atom. The maximum Gasteiger partial charge on any atom is 0.207 e. The average molecular weight is 351 g/mol. The van der Waals surface area contributed by atoms with E-state index in [1.165, 1.54) is 0 Å². The second kappa shape index (κ2) is 6.62. The zero-order valence-electron chi connectivity index (χ0n) is 12.1. The SMILES string of the molecule is COc1c(F)cc(F)c([B]c2c(F)c(F)c(F)c(OC)c2F)c1F. The van der Waals surface area contributed by atoms with Crippen molar-refractivity contribution < 1.29 is 40.2 Å². The van der Waals surface area contributed by atoms with Gasteiger partial charge in [-0.15, -0.1) is 0 Å². The van der Waals surface area contributed by atoms with Gasteiger partial charge in [0.1, 0.15) is 5.82 Å². The summed E-state index contributed by atoms with van der Waals surface area (Å²) in [4.78, 5) is 0. The summed E-state index contributed by atoms with van der Waals surface area (Å²) in [6.45, 7) is 0. The maximum atomic E-state index is 14.0. The van der Waals surface area contributed by atoms with Gasteiger partial charge in [0.05, 0.1) is 14.2 Å². The molecule has 24 heavy (non-hydrogen) atoms. The molecule has 0 aliphatic heterocycles. The minimum absolute atomic E-state index is 0.209. The number of hydrogen-bond acceptors (Lipinski definition) is 2. The molecule has 2 rings (SSSR count). The van der Waals surface area contributed by atoms with Crippen LogP contribution in [0.4, 0.5) is 30.7 Å². The molecule has 2 aromatic rings. The minimum Gasteiger partial charge on any atom is -0.491 e. The van der Waals surface area contributed by atoms with E-state index < -0.39 is 63.1 Å². The molecule has 0 spiro atoms. The van der Waals surface area contributed by atoms with Crippen LogP contribution in [0.3, 0.4) is 0 Å². The van der Waals surface area contributed by atoms with E-state index in [4.69, 9.17) is 0 Å². The molecule has 0 aromatic heterocycles. The van der Waals surface area contributed by atoms with Gasteiger partial charge < -0.3 is 9.47 Å².